The first-order valence-electron chi connectivity index (χ1n) is 10.7. The Labute approximate surface area is 174 Å². The molecule has 0 aromatic rings. The lowest BCUT2D eigenvalue weighted by Crippen LogP contribution is -2.12. The molecule has 0 saturated heterocycles. The van der Waals surface area contributed by atoms with Crippen molar-refractivity contribution in [1.82, 2.24) is 0 Å². The smallest absolute Gasteiger partial charge is 0.0883 e. The van der Waals surface area contributed by atoms with Crippen LogP contribution in [0.25, 0.3) is 0 Å². The zero-order chi connectivity index (χ0) is 22.1. The maximum atomic E-state index is 9.17. The van der Waals surface area contributed by atoms with Crippen molar-refractivity contribution in [2.45, 2.75) is 94.2 Å². The van der Waals surface area contributed by atoms with Crippen LogP contribution >= 0.6 is 0 Å². The Morgan fingerprint density at radius 3 is 1.68 bits per heavy atom. The molecule has 0 radical (unpaired) electrons. The third kappa shape index (κ3) is 19.5. The molecule has 0 bridgehead atoms. The molecule has 28 heavy (non-hydrogen) atoms. The topological polar surface area (TPSA) is 54.2 Å². The number of nitrogens with zero attached hydrogens (tertiary/aromatic N) is 2. The van der Waals surface area contributed by atoms with E-state index in [1.165, 1.54) is 11.1 Å². The van der Waals surface area contributed by atoms with Crippen molar-refractivity contribution in [1.29, 1.82) is 0 Å². The molecule has 0 aliphatic heterocycles. The van der Waals surface area contributed by atoms with Gasteiger partial charge in [0.25, 0.3) is 0 Å². The van der Waals surface area contributed by atoms with Crippen molar-refractivity contribution in [3.05, 3.63) is 23.3 Å². The van der Waals surface area contributed by atoms with Crippen LogP contribution in [0, 0.1) is 5.92 Å². The number of aliphatic hydroxyl groups is 1. The van der Waals surface area contributed by atoms with Crippen LogP contribution in [0.3, 0.4) is 0 Å². The average molecular weight is 395 g/mol. The van der Waals surface area contributed by atoms with Crippen LogP contribution in [0.15, 0.2) is 33.3 Å². The van der Waals surface area contributed by atoms with Gasteiger partial charge in [-0.15, -0.1) is 0 Å². The predicted octanol–water partition coefficient (Wildman–Crippen LogP) is 6.05. The van der Waals surface area contributed by atoms with Gasteiger partial charge >= 0.3 is 0 Å². The maximum absolute atomic E-state index is 9.17. The van der Waals surface area contributed by atoms with Gasteiger partial charge in [0.2, 0.25) is 0 Å². The van der Waals surface area contributed by atoms with E-state index in [1.807, 2.05) is 6.92 Å². The summed E-state index contributed by atoms with van der Waals surface area (Å²) in [5.41, 5.74) is 4.68. The first-order chi connectivity index (χ1) is 13.0. The average Bonchev–Trinajstić information content (AvgIpc) is 2.55. The van der Waals surface area contributed by atoms with E-state index in [-0.39, 0.29) is 6.61 Å². The Morgan fingerprint density at radius 2 is 1.32 bits per heavy atom. The van der Waals surface area contributed by atoms with E-state index in [0.29, 0.717) is 24.6 Å². The van der Waals surface area contributed by atoms with Crippen LogP contribution in [0.4, 0.5) is 0 Å². The van der Waals surface area contributed by atoms with Crippen molar-refractivity contribution >= 4 is 11.4 Å². The second kappa shape index (κ2) is 17.8. The van der Waals surface area contributed by atoms with Gasteiger partial charge in [-0.3, -0.25) is 9.98 Å². The molecule has 4 nitrogen and oxygen atoms in total. The fourth-order valence-electron chi connectivity index (χ4n) is 2.44. The zero-order valence-corrected chi connectivity index (χ0v) is 20.2. The predicted molar refractivity (Wildman–Crippen MR) is 126 cm³/mol. The quantitative estimate of drug-likeness (QED) is 0.434. The van der Waals surface area contributed by atoms with Crippen molar-refractivity contribution in [3.8, 4) is 0 Å². The third-order valence-electron chi connectivity index (χ3n) is 3.55. The number of ether oxygens (including phenoxy) is 1. The lowest BCUT2D eigenvalue weighted by atomic mass is 9.99. The Bertz CT molecular complexity index is 503. The molecule has 0 rings (SSSR count). The van der Waals surface area contributed by atoms with Crippen LogP contribution in [0.1, 0.15) is 82.1 Å². The Hall–Kier alpha value is -1.26. The van der Waals surface area contributed by atoms with Crippen molar-refractivity contribution in [2.75, 3.05) is 19.8 Å². The molecule has 1 N–H and O–H groups in total. The largest absolute Gasteiger partial charge is 0.396 e. The van der Waals surface area contributed by atoms with Crippen LogP contribution in [0.5, 0.6) is 0 Å². The van der Waals surface area contributed by atoms with E-state index < -0.39 is 0 Å². The summed E-state index contributed by atoms with van der Waals surface area (Å²) in [4.78, 5) is 9.05. The van der Waals surface area contributed by atoms with Gasteiger partial charge in [-0.25, -0.2) is 0 Å². The van der Waals surface area contributed by atoms with E-state index >= 15 is 0 Å². The van der Waals surface area contributed by atoms with Crippen LogP contribution in [-0.2, 0) is 4.74 Å². The highest BCUT2D eigenvalue weighted by molar-refractivity contribution is 5.96. The van der Waals surface area contributed by atoms with Crippen LogP contribution < -0.4 is 0 Å². The molecule has 0 amide bonds. The molecule has 0 aliphatic rings. The molecular weight excluding hydrogens is 348 g/mol. The summed E-state index contributed by atoms with van der Waals surface area (Å²) in [7, 11) is 0. The first kappa shape index (κ1) is 28.9. The second-order valence-corrected chi connectivity index (χ2v) is 8.17. The van der Waals surface area contributed by atoms with Crippen molar-refractivity contribution in [2.24, 2.45) is 15.9 Å². The number of aliphatic hydroxyl groups excluding tert-OH is 1. The lowest BCUT2D eigenvalue weighted by Gasteiger charge is -2.12. The van der Waals surface area contributed by atoms with Crippen LogP contribution in [0.2, 0.25) is 0 Å². The minimum absolute atomic E-state index is 0.254. The summed E-state index contributed by atoms with van der Waals surface area (Å²) in [6.07, 6.45) is 6.09. The molecule has 0 aromatic carbocycles. The zero-order valence-electron chi connectivity index (χ0n) is 20.2. The van der Waals surface area contributed by atoms with E-state index in [0.717, 1.165) is 30.9 Å². The van der Waals surface area contributed by atoms with Gasteiger partial charge in [0, 0.05) is 31.0 Å². The minimum Gasteiger partial charge on any atom is -0.396 e. The van der Waals surface area contributed by atoms with Gasteiger partial charge in [-0.2, -0.15) is 0 Å². The van der Waals surface area contributed by atoms with Gasteiger partial charge in [0.05, 0.1) is 12.3 Å². The summed E-state index contributed by atoms with van der Waals surface area (Å²) < 4.78 is 5.32. The molecule has 0 fully saturated rings. The van der Waals surface area contributed by atoms with Crippen LogP contribution in [-0.4, -0.2) is 48.4 Å². The highest BCUT2D eigenvalue weighted by atomic mass is 16.5. The van der Waals surface area contributed by atoms with Gasteiger partial charge in [-0.1, -0.05) is 24.5 Å². The number of aliphatic imine (C=N–C) groups is 2. The minimum atomic E-state index is 0.254. The molecule has 0 spiro atoms. The fourth-order valence-corrected chi connectivity index (χ4v) is 2.44. The van der Waals surface area contributed by atoms with E-state index in [4.69, 9.17) is 9.84 Å². The highest BCUT2D eigenvalue weighted by Gasteiger charge is 2.08. The van der Waals surface area contributed by atoms with E-state index in [2.05, 4.69) is 84.5 Å². The molecule has 0 saturated carbocycles. The Balaban J connectivity index is 0. The normalized spacial score (nSPS) is 13.2. The fraction of sp³-hybridized carbons (Fsp3) is 0.750. The third-order valence-corrected chi connectivity index (χ3v) is 3.55. The summed E-state index contributed by atoms with van der Waals surface area (Å²) in [6, 6.07) is 0.665. The molecule has 0 heterocycles. The summed E-state index contributed by atoms with van der Waals surface area (Å²) in [5, 5.41) is 9.17. The SMILES string of the molecule is CCC(CO)CC(C=C(C)C)=NC(C)C.CCOCC(C=C(C)C)=NC(C)C. The lowest BCUT2D eigenvalue weighted by molar-refractivity contribution is 0.187. The monoisotopic (exact) mass is 394 g/mol. The standard InChI is InChI=1S/C13H25NO.C11H21NO/c1-6-12(9-15)8-13(7-10(2)3)14-11(4)5;1-6-13-8-11(7-9(2)3)12-10(4)5/h7,11-12,15H,6,8-9H2,1-5H3;7,10H,6,8H2,1-5H3. The number of hydrogen-bond donors (Lipinski definition) is 1. The van der Waals surface area contributed by atoms with Gasteiger partial charge < -0.3 is 9.84 Å². The van der Waals surface area contributed by atoms with Gasteiger partial charge in [-0.05, 0) is 86.8 Å². The molecule has 0 aliphatic carbocycles. The molecule has 4 heteroatoms. The Kier molecular flexibility index (Phi) is 18.4. The number of rotatable bonds is 11. The summed E-state index contributed by atoms with van der Waals surface area (Å²) in [5.74, 6) is 0.345. The first-order valence-corrected chi connectivity index (χ1v) is 10.7. The van der Waals surface area contributed by atoms with E-state index in [1.54, 1.807) is 0 Å². The molecule has 0 aromatic heterocycles. The maximum Gasteiger partial charge on any atom is 0.0883 e. The Morgan fingerprint density at radius 1 is 0.857 bits per heavy atom. The molecule has 1 unspecified atom stereocenters. The van der Waals surface area contributed by atoms with Gasteiger partial charge in [0.1, 0.15) is 0 Å². The summed E-state index contributed by atoms with van der Waals surface area (Å²) >= 11 is 0. The molecular formula is C24H46N2O2. The molecule has 1 atom stereocenters. The second-order valence-electron chi connectivity index (χ2n) is 8.17. The highest BCUT2D eigenvalue weighted by Crippen LogP contribution is 2.11. The van der Waals surface area contributed by atoms with E-state index in [9.17, 15) is 0 Å². The molecule has 164 valence electrons. The van der Waals surface area contributed by atoms with Crippen molar-refractivity contribution < 1.29 is 9.84 Å². The summed E-state index contributed by atoms with van der Waals surface area (Å²) in [6.45, 7) is 22.3. The number of allylic oxidation sites excluding steroid dienone is 3. The van der Waals surface area contributed by atoms with Crippen molar-refractivity contribution in [3.63, 3.8) is 0 Å². The van der Waals surface area contributed by atoms with Gasteiger partial charge in [0.15, 0.2) is 0 Å². The number of hydrogen-bond acceptors (Lipinski definition) is 4.